The van der Waals surface area contributed by atoms with E-state index in [1.54, 1.807) is 0 Å². The van der Waals surface area contributed by atoms with E-state index < -0.39 is 0 Å². The molecular formula is C32H37N3O. The second kappa shape index (κ2) is 9.82. The lowest BCUT2D eigenvalue weighted by Crippen LogP contribution is -2.50. The van der Waals surface area contributed by atoms with Crippen LogP contribution in [0.1, 0.15) is 72.6 Å². The molecule has 4 atom stereocenters. The predicted molar refractivity (Wildman–Crippen MR) is 144 cm³/mol. The summed E-state index contributed by atoms with van der Waals surface area (Å²) in [5, 5.41) is 3.64. The molecule has 1 aromatic heterocycles. The number of likely N-dealkylation sites (tertiary alicyclic amines) is 1. The minimum atomic E-state index is -0.137. The van der Waals surface area contributed by atoms with E-state index in [1.807, 2.05) is 0 Å². The summed E-state index contributed by atoms with van der Waals surface area (Å²) < 4.78 is 0. The number of fused-ring (bicyclic) bond motifs is 2. The van der Waals surface area contributed by atoms with Crippen molar-refractivity contribution in [2.75, 3.05) is 19.6 Å². The van der Waals surface area contributed by atoms with Gasteiger partial charge in [0.15, 0.2) is 0 Å². The lowest BCUT2D eigenvalue weighted by molar-refractivity contribution is -0.141. The molecule has 6 rings (SSSR count). The fourth-order valence-electron chi connectivity index (χ4n) is 7.17. The second-order valence-electron chi connectivity index (χ2n) is 10.9. The van der Waals surface area contributed by atoms with Gasteiger partial charge in [0.1, 0.15) is 0 Å². The lowest BCUT2D eigenvalue weighted by Gasteiger charge is -2.45. The maximum absolute atomic E-state index is 14.5. The number of carbonyl (C=O) groups excluding carboxylic acids is 1. The molecule has 3 aromatic rings. The highest BCUT2D eigenvalue weighted by molar-refractivity contribution is 5.82. The summed E-state index contributed by atoms with van der Waals surface area (Å²) in [4.78, 5) is 21.7. The molecule has 0 radical (unpaired) electrons. The molecule has 4 heteroatoms. The molecule has 1 N–H and O–H groups in total. The Morgan fingerprint density at radius 1 is 1.03 bits per heavy atom. The minimum Gasteiger partial charge on any atom is -0.335 e. The number of carbonyl (C=O) groups is 1. The summed E-state index contributed by atoms with van der Waals surface area (Å²) in [7, 11) is 0. The highest BCUT2D eigenvalue weighted by Crippen LogP contribution is 2.47. The highest BCUT2D eigenvalue weighted by atomic mass is 16.2. The molecule has 0 saturated carbocycles. The van der Waals surface area contributed by atoms with Crippen LogP contribution >= 0.6 is 0 Å². The quantitative estimate of drug-likeness (QED) is 0.531. The Bertz CT molecular complexity index is 1210. The summed E-state index contributed by atoms with van der Waals surface area (Å²) >= 11 is 0. The van der Waals surface area contributed by atoms with Gasteiger partial charge in [0, 0.05) is 36.4 Å². The van der Waals surface area contributed by atoms with Crippen molar-refractivity contribution in [3.8, 4) is 0 Å². The maximum atomic E-state index is 14.5. The number of benzene rings is 2. The fourth-order valence-corrected chi connectivity index (χ4v) is 7.17. The zero-order valence-corrected chi connectivity index (χ0v) is 21.3. The number of aryl methyl sites for hydroxylation is 2. The van der Waals surface area contributed by atoms with Crippen molar-refractivity contribution in [1.82, 2.24) is 15.2 Å². The van der Waals surface area contributed by atoms with Gasteiger partial charge in [-0.1, -0.05) is 73.7 Å². The van der Waals surface area contributed by atoms with Gasteiger partial charge in [-0.3, -0.25) is 9.78 Å². The first-order valence-corrected chi connectivity index (χ1v) is 13.8. The average molecular weight is 480 g/mol. The van der Waals surface area contributed by atoms with E-state index in [2.05, 4.69) is 89.9 Å². The van der Waals surface area contributed by atoms with Gasteiger partial charge in [0.25, 0.3) is 0 Å². The summed E-state index contributed by atoms with van der Waals surface area (Å²) in [6.45, 7) is 4.61. The number of hydrogen-bond acceptors (Lipinski definition) is 3. The Hall–Kier alpha value is -2.98. The average Bonchev–Trinajstić information content (AvgIpc) is 3.37. The van der Waals surface area contributed by atoms with Crippen LogP contribution in [-0.4, -0.2) is 35.4 Å². The van der Waals surface area contributed by atoms with Crippen molar-refractivity contribution < 1.29 is 4.79 Å². The molecule has 1 spiro atoms. The van der Waals surface area contributed by atoms with E-state index >= 15 is 0 Å². The largest absolute Gasteiger partial charge is 0.335 e. The number of rotatable bonds is 4. The lowest BCUT2D eigenvalue weighted by atomic mass is 9.65. The Balaban J connectivity index is 1.33. The normalized spacial score (nSPS) is 27.7. The van der Waals surface area contributed by atoms with E-state index in [0.717, 1.165) is 63.9 Å². The van der Waals surface area contributed by atoms with E-state index in [1.165, 1.54) is 22.4 Å². The van der Waals surface area contributed by atoms with Gasteiger partial charge in [-0.15, -0.1) is 0 Å². The van der Waals surface area contributed by atoms with Crippen molar-refractivity contribution in [1.29, 1.82) is 0 Å². The topological polar surface area (TPSA) is 45.2 Å². The minimum absolute atomic E-state index is 0.0367. The van der Waals surface area contributed by atoms with Crippen LogP contribution in [0.15, 0.2) is 72.8 Å². The van der Waals surface area contributed by atoms with Crippen LogP contribution < -0.4 is 5.32 Å². The smallest absolute Gasteiger partial charge is 0.228 e. The van der Waals surface area contributed by atoms with E-state index in [0.29, 0.717) is 11.8 Å². The highest BCUT2D eigenvalue weighted by Gasteiger charge is 2.52. The van der Waals surface area contributed by atoms with Gasteiger partial charge in [-0.25, -0.2) is 0 Å². The van der Waals surface area contributed by atoms with Crippen molar-refractivity contribution in [2.45, 2.75) is 62.8 Å². The first kappa shape index (κ1) is 23.4. The monoisotopic (exact) mass is 479 g/mol. The van der Waals surface area contributed by atoms with Crippen molar-refractivity contribution in [2.24, 2.45) is 5.92 Å². The third-order valence-corrected chi connectivity index (χ3v) is 9.06. The third-order valence-electron chi connectivity index (χ3n) is 9.06. The maximum Gasteiger partial charge on any atom is 0.228 e. The van der Waals surface area contributed by atoms with Crippen LogP contribution in [0, 0.1) is 5.92 Å². The number of nitrogens with one attached hydrogen (secondary N) is 1. The molecule has 1 amide bonds. The molecule has 186 valence electrons. The van der Waals surface area contributed by atoms with Gasteiger partial charge in [0.2, 0.25) is 5.91 Å². The number of amides is 1. The van der Waals surface area contributed by atoms with Crippen LogP contribution in [0.3, 0.4) is 0 Å². The molecular weight excluding hydrogens is 442 g/mol. The van der Waals surface area contributed by atoms with Gasteiger partial charge in [0.05, 0.1) is 12.0 Å². The van der Waals surface area contributed by atoms with E-state index in [4.69, 9.17) is 4.98 Å². The summed E-state index contributed by atoms with van der Waals surface area (Å²) in [6.07, 6.45) is 6.15. The second-order valence-corrected chi connectivity index (χ2v) is 10.9. The Morgan fingerprint density at radius 2 is 1.78 bits per heavy atom. The number of hydrogen-bond donors (Lipinski definition) is 1. The predicted octanol–water partition coefficient (Wildman–Crippen LogP) is 5.59. The molecule has 3 heterocycles. The molecule has 0 bridgehead atoms. The van der Waals surface area contributed by atoms with Crippen LogP contribution in [0.25, 0.3) is 0 Å². The number of piperidine rings is 1. The van der Waals surface area contributed by atoms with Gasteiger partial charge in [-0.05, 0) is 67.2 Å². The standard InChI is InChI=1S/C32H37N3O/c1-2-26-15-16-27-29(34-26)14-9-18-32(27)22-33-21-28(32)31(36)35-19-17-25(23-10-5-3-6-11-23)20-30(35)24-12-7-4-8-13-24/h3-8,10-13,15-16,25,28,30,33H,2,9,14,17-22H2,1H3. The van der Waals surface area contributed by atoms with Gasteiger partial charge >= 0.3 is 0 Å². The summed E-state index contributed by atoms with van der Waals surface area (Å²) in [6, 6.07) is 26.1. The molecule has 2 fully saturated rings. The summed E-state index contributed by atoms with van der Waals surface area (Å²) in [5.74, 6) is 0.765. The number of aromatic nitrogens is 1. The SMILES string of the molecule is CCc1ccc2c(n1)CCCC21CNCC1C(=O)N1CCC(c2ccccc2)CC1c1ccccc1. The van der Waals surface area contributed by atoms with Crippen molar-refractivity contribution in [3.05, 3.63) is 101 Å². The Morgan fingerprint density at radius 3 is 2.53 bits per heavy atom. The van der Waals surface area contributed by atoms with Crippen LogP contribution in [0.5, 0.6) is 0 Å². The first-order valence-electron chi connectivity index (χ1n) is 13.8. The molecule has 2 saturated heterocycles. The van der Waals surface area contributed by atoms with Gasteiger partial charge in [-0.2, -0.15) is 0 Å². The van der Waals surface area contributed by atoms with Crippen LogP contribution in [0.2, 0.25) is 0 Å². The molecule has 4 nitrogen and oxygen atoms in total. The molecule has 2 aliphatic heterocycles. The zero-order chi connectivity index (χ0) is 24.5. The first-order chi connectivity index (χ1) is 17.7. The number of nitrogens with zero attached hydrogens (tertiary/aromatic N) is 2. The molecule has 1 aliphatic carbocycles. The number of pyridine rings is 1. The van der Waals surface area contributed by atoms with Gasteiger partial charge < -0.3 is 10.2 Å². The third kappa shape index (κ3) is 4.06. The van der Waals surface area contributed by atoms with Crippen molar-refractivity contribution >= 4 is 5.91 Å². The Labute approximate surface area is 215 Å². The fraction of sp³-hybridized carbons (Fsp3) is 0.438. The molecule has 4 unspecified atom stereocenters. The van der Waals surface area contributed by atoms with E-state index in [-0.39, 0.29) is 17.4 Å². The van der Waals surface area contributed by atoms with E-state index in [9.17, 15) is 4.79 Å². The Kier molecular flexibility index (Phi) is 6.39. The summed E-state index contributed by atoms with van der Waals surface area (Å²) in [5.41, 5.74) is 6.22. The van der Waals surface area contributed by atoms with Crippen LogP contribution in [-0.2, 0) is 23.1 Å². The molecule has 2 aromatic carbocycles. The zero-order valence-electron chi connectivity index (χ0n) is 21.3. The molecule has 36 heavy (non-hydrogen) atoms. The van der Waals surface area contributed by atoms with Crippen molar-refractivity contribution in [3.63, 3.8) is 0 Å². The molecule has 3 aliphatic rings. The van der Waals surface area contributed by atoms with Crippen LogP contribution in [0.4, 0.5) is 0 Å².